The van der Waals surface area contributed by atoms with Crippen LogP contribution in [0.15, 0.2) is 12.2 Å². The number of esters is 2. The summed E-state index contributed by atoms with van der Waals surface area (Å²) >= 11 is 0. The third-order valence-corrected chi connectivity index (χ3v) is 7.29. The Labute approximate surface area is 241 Å². The van der Waals surface area contributed by atoms with E-state index in [0.717, 1.165) is 51.4 Å². The first-order chi connectivity index (χ1) is 19.1. The maximum Gasteiger partial charge on any atom is 0.306 e. The Hall–Kier alpha value is -1.36. The van der Waals surface area contributed by atoms with E-state index in [-0.39, 0.29) is 25.2 Å². The van der Waals surface area contributed by atoms with Crippen LogP contribution in [0.1, 0.15) is 174 Å². The molecule has 1 atom stereocenters. The Balaban J connectivity index is 3.54. The van der Waals surface area contributed by atoms with E-state index >= 15 is 0 Å². The molecule has 230 valence electrons. The summed E-state index contributed by atoms with van der Waals surface area (Å²) in [6.45, 7) is 4.06. The largest absolute Gasteiger partial charge is 0.462 e. The molecule has 5 nitrogen and oxygen atoms in total. The van der Waals surface area contributed by atoms with E-state index in [2.05, 4.69) is 26.0 Å². The van der Waals surface area contributed by atoms with E-state index in [9.17, 15) is 14.7 Å². The van der Waals surface area contributed by atoms with Gasteiger partial charge in [0.1, 0.15) is 6.61 Å². The Kier molecular flexibility index (Phi) is 30.1. The standard InChI is InChI=1S/C34H64O5/c1-3-5-7-9-11-13-15-16-17-18-19-21-22-24-26-28-33(36)38-31-32(30-35)39-34(37)29-27-25-23-20-14-12-10-8-6-4-2/h8,10,32,35H,3-7,9,11-31H2,1-2H3/b10-8-. The molecule has 0 aromatic rings. The zero-order valence-electron chi connectivity index (χ0n) is 25.9. The summed E-state index contributed by atoms with van der Waals surface area (Å²) in [4.78, 5) is 24.0. The highest BCUT2D eigenvalue weighted by molar-refractivity contribution is 5.70. The molecule has 0 aromatic carbocycles. The smallest absolute Gasteiger partial charge is 0.306 e. The van der Waals surface area contributed by atoms with Crippen LogP contribution in [0.3, 0.4) is 0 Å². The van der Waals surface area contributed by atoms with Crippen molar-refractivity contribution in [3.8, 4) is 0 Å². The minimum Gasteiger partial charge on any atom is -0.462 e. The van der Waals surface area contributed by atoms with Crippen molar-refractivity contribution in [1.29, 1.82) is 0 Å². The van der Waals surface area contributed by atoms with Gasteiger partial charge in [-0.25, -0.2) is 0 Å². The van der Waals surface area contributed by atoms with Gasteiger partial charge in [0.2, 0.25) is 0 Å². The van der Waals surface area contributed by atoms with Crippen molar-refractivity contribution >= 4 is 11.9 Å². The Morgan fingerprint density at radius 3 is 1.49 bits per heavy atom. The van der Waals surface area contributed by atoms with Crippen molar-refractivity contribution < 1.29 is 24.2 Å². The molecule has 0 aliphatic rings. The highest BCUT2D eigenvalue weighted by atomic mass is 16.6. The fraction of sp³-hybridized carbons (Fsp3) is 0.882. The van der Waals surface area contributed by atoms with Crippen molar-refractivity contribution in [3.05, 3.63) is 12.2 Å². The summed E-state index contributed by atoms with van der Waals surface area (Å²) in [5.41, 5.74) is 0. The van der Waals surface area contributed by atoms with Crippen molar-refractivity contribution in [2.45, 2.75) is 180 Å². The lowest BCUT2D eigenvalue weighted by molar-refractivity contribution is -0.161. The van der Waals surface area contributed by atoms with Crippen molar-refractivity contribution in [2.75, 3.05) is 13.2 Å². The molecule has 1 unspecified atom stereocenters. The second kappa shape index (κ2) is 31.2. The molecule has 0 bridgehead atoms. The van der Waals surface area contributed by atoms with Crippen molar-refractivity contribution in [1.82, 2.24) is 0 Å². The Morgan fingerprint density at radius 1 is 0.564 bits per heavy atom. The summed E-state index contributed by atoms with van der Waals surface area (Å²) in [6.07, 6.45) is 32.7. The summed E-state index contributed by atoms with van der Waals surface area (Å²) in [5, 5.41) is 9.48. The molecule has 5 heteroatoms. The fourth-order valence-electron chi connectivity index (χ4n) is 4.73. The maximum atomic E-state index is 12.0. The van der Waals surface area contributed by atoms with Gasteiger partial charge in [-0.1, -0.05) is 142 Å². The topological polar surface area (TPSA) is 72.8 Å². The number of aliphatic hydroxyl groups is 1. The molecular weight excluding hydrogens is 488 g/mol. The third-order valence-electron chi connectivity index (χ3n) is 7.29. The average molecular weight is 553 g/mol. The summed E-state index contributed by atoms with van der Waals surface area (Å²) in [6, 6.07) is 0. The van der Waals surface area contributed by atoms with Gasteiger partial charge in [0.05, 0.1) is 6.61 Å². The normalized spacial score (nSPS) is 12.2. The maximum absolute atomic E-state index is 12.0. The minimum absolute atomic E-state index is 0.0641. The van der Waals surface area contributed by atoms with Crippen molar-refractivity contribution in [3.63, 3.8) is 0 Å². The lowest BCUT2D eigenvalue weighted by Crippen LogP contribution is -2.28. The van der Waals surface area contributed by atoms with Crippen molar-refractivity contribution in [2.24, 2.45) is 0 Å². The van der Waals surface area contributed by atoms with E-state index in [1.165, 1.54) is 96.3 Å². The number of aliphatic hydroxyl groups excluding tert-OH is 1. The van der Waals surface area contributed by atoms with E-state index < -0.39 is 6.10 Å². The molecule has 0 radical (unpaired) electrons. The van der Waals surface area contributed by atoms with Gasteiger partial charge in [0.15, 0.2) is 6.10 Å². The molecule has 0 saturated heterocycles. The zero-order chi connectivity index (χ0) is 28.7. The predicted molar refractivity (Wildman–Crippen MR) is 164 cm³/mol. The Bertz CT molecular complexity index is 560. The molecule has 39 heavy (non-hydrogen) atoms. The second-order valence-corrected chi connectivity index (χ2v) is 11.2. The molecular formula is C34H64O5. The van der Waals surface area contributed by atoms with Gasteiger partial charge in [0, 0.05) is 12.8 Å². The van der Waals surface area contributed by atoms with Gasteiger partial charge >= 0.3 is 11.9 Å². The molecule has 0 amide bonds. The number of ether oxygens (including phenoxy) is 2. The van der Waals surface area contributed by atoms with Crippen LogP contribution in [-0.2, 0) is 19.1 Å². The summed E-state index contributed by atoms with van der Waals surface area (Å²) in [7, 11) is 0. The van der Waals surface area contributed by atoms with Gasteiger partial charge in [-0.15, -0.1) is 0 Å². The summed E-state index contributed by atoms with van der Waals surface area (Å²) in [5.74, 6) is -0.598. The fourth-order valence-corrected chi connectivity index (χ4v) is 4.73. The number of carbonyl (C=O) groups is 2. The molecule has 0 heterocycles. The summed E-state index contributed by atoms with van der Waals surface area (Å²) < 4.78 is 10.5. The van der Waals surface area contributed by atoms with E-state index in [0.29, 0.717) is 12.8 Å². The van der Waals surface area contributed by atoms with Crippen LogP contribution in [0, 0.1) is 0 Å². The van der Waals surface area contributed by atoms with Crippen LogP contribution in [0.25, 0.3) is 0 Å². The number of allylic oxidation sites excluding steroid dienone is 2. The first-order valence-electron chi connectivity index (χ1n) is 16.7. The highest BCUT2D eigenvalue weighted by Gasteiger charge is 2.16. The number of rotatable bonds is 30. The second-order valence-electron chi connectivity index (χ2n) is 11.2. The first kappa shape index (κ1) is 37.6. The predicted octanol–water partition coefficient (Wildman–Crippen LogP) is 9.78. The molecule has 0 fully saturated rings. The third kappa shape index (κ3) is 29.4. The van der Waals surface area contributed by atoms with Crippen LogP contribution in [0.4, 0.5) is 0 Å². The monoisotopic (exact) mass is 552 g/mol. The number of unbranched alkanes of at least 4 members (excludes halogenated alkanes) is 20. The molecule has 0 rings (SSSR count). The molecule has 0 saturated carbocycles. The van der Waals surface area contributed by atoms with Crippen LogP contribution >= 0.6 is 0 Å². The minimum atomic E-state index is -0.766. The molecule has 1 N–H and O–H groups in total. The van der Waals surface area contributed by atoms with Crippen LogP contribution in [0.2, 0.25) is 0 Å². The van der Waals surface area contributed by atoms with Gasteiger partial charge < -0.3 is 14.6 Å². The average Bonchev–Trinajstić information content (AvgIpc) is 2.94. The Morgan fingerprint density at radius 2 is 1.00 bits per heavy atom. The van der Waals surface area contributed by atoms with E-state index in [1.54, 1.807) is 0 Å². The number of carbonyl (C=O) groups excluding carboxylic acids is 2. The lowest BCUT2D eigenvalue weighted by atomic mass is 10.0. The molecule has 0 aliphatic heterocycles. The van der Waals surface area contributed by atoms with E-state index in [1.807, 2.05) is 0 Å². The van der Waals surface area contributed by atoms with Gasteiger partial charge in [0.25, 0.3) is 0 Å². The number of hydrogen-bond donors (Lipinski definition) is 1. The zero-order valence-corrected chi connectivity index (χ0v) is 25.9. The molecule has 0 spiro atoms. The van der Waals surface area contributed by atoms with E-state index in [4.69, 9.17) is 9.47 Å². The van der Waals surface area contributed by atoms with Gasteiger partial charge in [-0.05, 0) is 32.1 Å². The first-order valence-corrected chi connectivity index (χ1v) is 16.7. The van der Waals surface area contributed by atoms with Crippen LogP contribution < -0.4 is 0 Å². The molecule has 0 aromatic heterocycles. The highest BCUT2D eigenvalue weighted by Crippen LogP contribution is 2.14. The van der Waals surface area contributed by atoms with Crippen LogP contribution in [0.5, 0.6) is 0 Å². The van der Waals surface area contributed by atoms with Crippen LogP contribution in [-0.4, -0.2) is 36.4 Å². The lowest BCUT2D eigenvalue weighted by Gasteiger charge is -2.15. The molecule has 0 aliphatic carbocycles. The SMILES string of the molecule is CCC/C=C\CCCCCCCC(=O)OC(CO)COC(=O)CCCCCCCCCCCCCCCCC. The van der Waals surface area contributed by atoms with Gasteiger partial charge in [-0.3, -0.25) is 9.59 Å². The quantitative estimate of drug-likeness (QED) is 0.0545. The number of hydrogen-bond acceptors (Lipinski definition) is 5. The van der Waals surface area contributed by atoms with Gasteiger partial charge in [-0.2, -0.15) is 0 Å².